The van der Waals surface area contributed by atoms with Crippen LogP contribution in [-0.2, 0) is 10.1 Å². The first-order valence-electron chi connectivity index (χ1n) is 5.51. The van der Waals surface area contributed by atoms with Gasteiger partial charge in [-0.2, -0.15) is 0 Å². The lowest BCUT2D eigenvalue weighted by Gasteiger charge is -2.20. The second kappa shape index (κ2) is 5.55. The molecule has 7 heteroatoms. The van der Waals surface area contributed by atoms with E-state index in [1.165, 1.54) is 6.07 Å². The summed E-state index contributed by atoms with van der Waals surface area (Å²) < 4.78 is 33.7. The Morgan fingerprint density at radius 1 is 1.28 bits per heavy atom. The van der Waals surface area contributed by atoms with Gasteiger partial charge >= 0.3 is 0 Å². The van der Waals surface area contributed by atoms with Gasteiger partial charge in [-0.25, -0.2) is 8.42 Å². The van der Waals surface area contributed by atoms with E-state index in [4.69, 9.17) is 5.11 Å². The zero-order chi connectivity index (χ0) is 13.9. The molecule has 4 N–H and O–H groups in total. The van der Waals surface area contributed by atoms with Crippen LogP contribution in [0.1, 0.15) is 24.7 Å². The van der Waals surface area contributed by atoms with Crippen LogP contribution in [0.2, 0.25) is 0 Å². The molecule has 0 bridgehead atoms. The Kier molecular flexibility index (Phi) is 4.55. The van der Waals surface area contributed by atoms with Gasteiger partial charge in [0.25, 0.3) is 0 Å². The quantitative estimate of drug-likeness (QED) is 0.502. The van der Waals surface area contributed by atoms with Crippen molar-refractivity contribution in [3.8, 4) is 11.5 Å². The van der Waals surface area contributed by atoms with Crippen molar-refractivity contribution < 1.29 is 28.5 Å². The second-order valence-electron chi connectivity index (χ2n) is 4.45. The number of phenols is 2. The third kappa shape index (κ3) is 3.86. The first-order chi connectivity index (χ1) is 8.21. The van der Waals surface area contributed by atoms with Crippen LogP contribution in [0.15, 0.2) is 18.2 Å². The number of hydrogen-bond acceptors (Lipinski definition) is 5. The fraction of sp³-hybridized carbons (Fsp3) is 0.455. The molecule has 0 saturated carbocycles. The van der Waals surface area contributed by atoms with Crippen LogP contribution in [0.5, 0.6) is 11.5 Å². The average Bonchev–Trinajstić information content (AvgIpc) is 2.21. The standard InChI is InChI=1S/C11H17NO5S/c1-7(2)12-6-11(18(15,16)17)8-3-4-9(13)10(14)5-8/h3-5,7,11-14H,6H2,1-2H3,(H,15,16,17). The van der Waals surface area contributed by atoms with E-state index in [0.29, 0.717) is 0 Å². The molecule has 0 heterocycles. The normalized spacial score (nSPS) is 13.8. The molecule has 1 unspecified atom stereocenters. The maximum atomic E-state index is 11.2. The van der Waals surface area contributed by atoms with Gasteiger partial charge in [0.1, 0.15) is 15.4 Å². The van der Waals surface area contributed by atoms with Gasteiger partial charge in [-0.15, -0.1) is 0 Å². The number of benzene rings is 1. The predicted octanol–water partition coefficient (Wildman–Crippen LogP) is -0.344. The number of nitrogens with two attached hydrogens (primary N) is 1. The summed E-state index contributed by atoms with van der Waals surface area (Å²) in [5.74, 6) is -0.792. The molecule has 18 heavy (non-hydrogen) atoms. The molecule has 1 atom stereocenters. The maximum absolute atomic E-state index is 11.2. The van der Waals surface area contributed by atoms with Crippen molar-refractivity contribution in [2.75, 3.05) is 6.54 Å². The van der Waals surface area contributed by atoms with Crippen LogP contribution in [0.3, 0.4) is 0 Å². The van der Waals surface area contributed by atoms with Crippen molar-refractivity contribution in [1.29, 1.82) is 0 Å². The minimum atomic E-state index is -4.52. The van der Waals surface area contributed by atoms with Gasteiger partial charge in [-0.05, 0) is 31.5 Å². The molecule has 0 saturated heterocycles. The molecule has 0 aliphatic rings. The van der Waals surface area contributed by atoms with Gasteiger partial charge in [0.2, 0.25) is 0 Å². The Hall–Kier alpha value is -1.31. The molecule has 1 rings (SSSR count). The highest BCUT2D eigenvalue weighted by molar-refractivity contribution is 7.86. The lowest BCUT2D eigenvalue weighted by molar-refractivity contribution is -0.682. The fourth-order valence-electron chi connectivity index (χ4n) is 1.56. The summed E-state index contributed by atoms with van der Waals surface area (Å²) in [4.78, 5) is 0. The highest BCUT2D eigenvalue weighted by Gasteiger charge is 2.22. The Balaban J connectivity index is 3.06. The van der Waals surface area contributed by atoms with Crippen LogP contribution in [0.4, 0.5) is 0 Å². The molecule has 1 aromatic rings. The lowest BCUT2D eigenvalue weighted by atomic mass is 10.1. The van der Waals surface area contributed by atoms with Crippen molar-refractivity contribution in [2.24, 2.45) is 0 Å². The van der Waals surface area contributed by atoms with E-state index in [0.717, 1.165) is 12.1 Å². The van der Waals surface area contributed by atoms with Crippen molar-refractivity contribution >= 4 is 10.1 Å². The van der Waals surface area contributed by atoms with E-state index in [-0.39, 0.29) is 23.9 Å². The van der Waals surface area contributed by atoms with Crippen LogP contribution in [0, 0.1) is 0 Å². The van der Waals surface area contributed by atoms with Crippen LogP contribution >= 0.6 is 0 Å². The number of aromatic hydroxyl groups is 2. The Labute approximate surface area is 106 Å². The molecule has 1 aromatic carbocycles. The minimum absolute atomic E-state index is 0.0771. The van der Waals surface area contributed by atoms with Gasteiger partial charge < -0.3 is 20.1 Å². The van der Waals surface area contributed by atoms with Crippen molar-refractivity contribution in [1.82, 2.24) is 0 Å². The zero-order valence-corrected chi connectivity index (χ0v) is 11.0. The van der Waals surface area contributed by atoms with Gasteiger partial charge in [-0.1, -0.05) is 6.07 Å². The third-order valence-corrected chi connectivity index (χ3v) is 3.70. The topological polar surface area (TPSA) is 114 Å². The smallest absolute Gasteiger partial charge is 0.157 e. The maximum Gasteiger partial charge on any atom is 0.157 e. The monoisotopic (exact) mass is 275 g/mol. The SMILES string of the molecule is CC(C)[NH2+]CC(c1ccc(O)c(O)c1)S(=O)(=O)[O-]. The van der Waals surface area contributed by atoms with E-state index >= 15 is 0 Å². The molecule has 6 nitrogen and oxygen atoms in total. The number of quaternary nitrogens is 1. The molecule has 0 aliphatic heterocycles. The molecule has 102 valence electrons. The third-order valence-electron chi connectivity index (χ3n) is 2.54. The Bertz CT molecular complexity index is 512. The molecule has 0 radical (unpaired) electrons. The Morgan fingerprint density at radius 3 is 2.33 bits per heavy atom. The average molecular weight is 275 g/mol. The van der Waals surface area contributed by atoms with Gasteiger partial charge in [0.05, 0.1) is 12.6 Å². The van der Waals surface area contributed by atoms with Crippen molar-refractivity contribution in [3.05, 3.63) is 23.8 Å². The zero-order valence-electron chi connectivity index (χ0n) is 10.2. The first-order valence-corrected chi connectivity index (χ1v) is 6.99. The van der Waals surface area contributed by atoms with E-state index in [1.54, 1.807) is 5.32 Å². The molecule has 0 aromatic heterocycles. The summed E-state index contributed by atoms with van der Waals surface area (Å²) >= 11 is 0. The van der Waals surface area contributed by atoms with Gasteiger partial charge in [-0.3, -0.25) is 0 Å². The van der Waals surface area contributed by atoms with E-state index in [1.807, 2.05) is 13.8 Å². The summed E-state index contributed by atoms with van der Waals surface area (Å²) in [5, 5.41) is 19.0. The summed E-state index contributed by atoms with van der Waals surface area (Å²) in [5.41, 5.74) is 0.178. The van der Waals surface area contributed by atoms with Crippen molar-refractivity contribution in [3.63, 3.8) is 0 Å². The van der Waals surface area contributed by atoms with Gasteiger partial charge in [0.15, 0.2) is 11.5 Å². The molecular weight excluding hydrogens is 258 g/mol. The predicted molar refractivity (Wildman–Crippen MR) is 64.1 cm³/mol. The molecular formula is C11H17NO5S. The molecule has 0 aliphatic carbocycles. The fourth-order valence-corrected chi connectivity index (χ4v) is 2.38. The largest absolute Gasteiger partial charge is 0.747 e. The highest BCUT2D eigenvalue weighted by atomic mass is 32.2. The number of rotatable bonds is 5. The summed E-state index contributed by atoms with van der Waals surface area (Å²) in [7, 11) is -4.52. The summed E-state index contributed by atoms with van der Waals surface area (Å²) in [6.07, 6.45) is 0. The second-order valence-corrected chi connectivity index (χ2v) is 6.00. The van der Waals surface area contributed by atoms with Crippen LogP contribution in [0.25, 0.3) is 0 Å². The van der Waals surface area contributed by atoms with Crippen LogP contribution < -0.4 is 5.32 Å². The number of hydrogen-bond donors (Lipinski definition) is 3. The Morgan fingerprint density at radius 2 is 1.89 bits per heavy atom. The summed E-state index contributed by atoms with van der Waals surface area (Å²) in [6, 6.07) is 3.74. The summed E-state index contributed by atoms with van der Waals surface area (Å²) in [6.45, 7) is 3.83. The first kappa shape index (κ1) is 14.7. The lowest BCUT2D eigenvalue weighted by Crippen LogP contribution is -2.89. The van der Waals surface area contributed by atoms with E-state index in [9.17, 15) is 18.1 Å². The minimum Gasteiger partial charge on any atom is -0.747 e. The number of phenolic OH excluding ortho intramolecular Hbond substituents is 2. The molecule has 0 spiro atoms. The van der Waals surface area contributed by atoms with Crippen molar-refractivity contribution in [2.45, 2.75) is 25.1 Å². The molecule has 0 amide bonds. The van der Waals surface area contributed by atoms with E-state index in [2.05, 4.69) is 0 Å². The highest BCUT2D eigenvalue weighted by Crippen LogP contribution is 2.29. The van der Waals surface area contributed by atoms with Crippen LogP contribution in [-0.4, -0.2) is 35.8 Å². The van der Waals surface area contributed by atoms with E-state index < -0.39 is 21.1 Å². The van der Waals surface area contributed by atoms with Gasteiger partial charge in [0, 0.05) is 0 Å². The molecule has 0 fully saturated rings.